The van der Waals surface area contributed by atoms with E-state index >= 15 is 0 Å². The van der Waals surface area contributed by atoms with Crippen LogP contribution in [0.2, 0.25) is 5.02 Å². The molecule has 1 aliphatic rings. The van der Waals surface area contributed by atoms with Gasteiger partial charge in [0, 0.05) is 24.4 Å². The number of ether oxygens (including phenoxy) is 1. The number of hydrogen-bond donors (Lipinski definition) is 2. The number of aliphatic hydroxyl groups is 1. The number of halogens is 1. The lowest BCUT2D eigenvalue weighted by atomic mass is 10.1. The molecule has 2 aromatic rings. The summed E-state index contributed by atoms with van der Waals surface area (Å²) in [4.78, 5) is 24.7. The molecule has 0 spiro atoms. The highest BCUT2D eigenvalue weighted by molar-refractivity contribution is 6.30. The van der Waals surface area contributed by atoms with E-state index in [1.165, 1.54) is 0 Å². The van der Waals surface area contributed by atoms with Gasteiger partial charge in [0.2, 0.25) is 5.91 Å². The van der Waals surface area contributed by atoms with E-state index in [9.17, 15) is 14.7 Å². The average Bonchev–Trinajstić information content (AvgIpc) is 3.15. The van der Waals surface area contributed by atoms with Crippen molar-refractivity contribution in [3.05, 3.63) is 71.3 Å². The van der Waals surface area contributed by atoms with Crippen LogP contribution in [0.1, 0.15) is 56.6 Å². The summed E-state index contributed by atoms with van der Waals surface area (Å²) in [6.07, 6.45) is 7.53. The number of amides is 1. The summed E-state index contributed by atoms with van der Waals surface area (Å²) < 4.78 is 5.84. The highest BCUT2D eigenvalue weighted by Crippen LogP contribution is 2.27. The Morgan fingerprint density at radius 3 is 2.64 bits per heavy atom. The fourth-order valence-corrected chi connectivity index (χ4v) is 4.03. The Labute approximate surface area is 199 Å². The van der Waals surface area contributed by atoms with E-state index in [1.54, 1.807) is 36.4 Å². The summed E-state index contributed by atoms with van der Waals surface area (Å²) in [7, 11) is 0. The van der Waals surface area contributed by atoms with E-state index in [2.05, 4.69) is 0 Å². The van der Waals surface area contributed by atoms with Gasteiger partial charge < -0.3 is 19.8 Å². The molecule has 1 aliphatic heterocycles. The molecule has 0 aliphatic carbocycles. The van der Waals surface area contributed by atoms with Crippen molar-refractivity contribution < 1.29 is 24.5 Å². The lowest BCUT2D eigenvalue weighted by Crippen LogP contribution is -2.32. The van der Waals surface area contributed by atoms with Gasteiger partial charge in [0.25, 0.3) is 0 Å². The van der Waals surface area contributed by atoms with Crippen molar-refractivity contribution in [2.45, 2.75) is 57.1 Å². The molecule has 176 valence electrons. The Bertz CT molecular complexity index is 959. The van der Waals surface area contributed by atoms with Crippen LogP contribution in [0.15, 0.2) is 60.7 Å². The van der Waals surface area contributed by atoms with Crippen molar-refractivity contribution in [3.63, 3.8) is 0 Å². The maximum absolute atomic E-state index is 12.3. The second-order valence-electron chi connectivity index (χ2n) is 8.21. The SMILES string of the molecule is O=C(O)CCCCCCN1C(=O)CCC1C=C[C@@H](O)c1cccc(Oc2ccc(Cl)cc2)c1. The zero-order valence-electron chi connectivity index (χ0n) is 18.5. The third-order valence-corrected chi connectivity index (χ3v) is 5.93. The number of nitrogens with zero attached hydrogens (tertiary/aromatic N) is 1. The van der Waals surface area contributed by atoms with Gasteiger partial charge in [-0.25, -0.2) is 0 Å². The summed E-state index contributed by atoms with van der Waals surface area (Å²) in [5, 5.41) is 20.0. The van der Waals surface area contributed by atoms with Gasteiger partial charge in [0.15, 0.2) is 0 Å². The largest absolute Gasteiger partial charge is 0.481 e. The molecule has 1 heterocycles. The number of carbonyl (C=O) groups is 2. The van der Waals surface area contributed by atoms with Crippen molar-refractivity contribution in [1.29, 1.82) is 0 Å². The Hall–Kier alpha value is -2.83. The van der Waals surface area contributed by atoms with Gasteiger partial charge in [-0.15, -0.1) is 0 Å². The van der Waals surface area contributed by atoms with E-state index in [-0.39, 0.29) is 18.4 Å². The lowest BCUT2D eigenvalue weighted by Gasteiger charge is -2.22. The van der Waals surface area contributed by atoms with Crippen molar-refractivity contribution in [1.82, 2.24) is 4.90 Å². The molecule has 1 unspecified atom stereocenters. The van der Waals surface area contributed by atoms with Crippen LogP contribution in [0.5, 0.6) is 11.5 Å². The van der Waals surface area contributed by atoms with Crippen molar-refractivity contribution in [2.24, 2.45) is 0 Å². The monoisotopic (exact) mass is 471 g/mol. The van der Waals surface area contributed by atoms with Crippen LogP contribution < -0.4 is 4.74 Å². The number of carbonyl (C=O) groups excluding carboxylic acids is 1. The number of unbranched alkanes of at least 4 members (excludes halogenated alkanes) is 3. The highest BCUT2D eigenvalue weighted by atomic mass is 35.5. The van der Waals surface area contributed by atoms with E-state index < -0.39 is 12.1 Å². The molecule has 1 saturated heterocycles. The molecule has 2 N–H and O–H groups in total. The zero-order chi connectivity index (χ0) is 23.6. The van der Waals surface area contributed by atoms with Crippen LogP contribution in [0.3, 0.4) is 0 Å². The second kappa shape index (κ2) is 12.4. The van der Waals surface area contributed by atoms with Crippen LogP contribution in [0, 0.1) is 0 Å². The first-order chi connectivity index (χ1) is 15.9. The average molecular weight is 472 g/mol. The summed E-state index contributed by atoms with van der Waals surface area (Å²) in [5.74, 6) is 0.631. The normalized spacial score (nSPS) is 17.0. The van der Waals surface area contributed by atoms with E-state index in [0.29, 0.717) is 41.5 Å². The summed E-state index contributed by atoms with van der Waals surface area (Å²) in [6.45, 7) is 0.654. The number of aliphatic hydroxyl groups excluding tert-OH is 1. The molecule has 2 atom stereocenters. The van der Waals surface area contributed by atoms with Gasteiger partial charge >= 0.3 is 5.97 Å². The first-order valence-corrected chi connectivity index (χ1v) is 11.7. The molecule has 6 nitrogen and oxygen atoms in total. The molecule has 1 amide bonds. The highest BCUT2D eigenvalue weighted by Gasteiger charge is 2.28. The van der Waals surface area contributed by atoms with Crippen LogP contribution in [-0.4, -0.2) is 39.6 Å². The minimum atomic E-state index is -0.813. The van der Waals surface area contributed by atoms with Gasteiger partial charge in [-0.1, -0.05) is 48.7 Å². The number of rotatable bonds is 12. The molecule has 2 aromatic carbocycles. The predicted molar refractivity (Wildman–Crippen MR) is 128 cm³/mol. The standard InChI is InChI=1S/C26H30ClNO5/c27-20-9-13-22(14-10-20)33-23-7-5-6-19(18-23)24(29)15-11-21-12-16-25(30)28(21)17-4-2-1-3-8-26(31)32/h5-7,9-11,13-15,18,21,24,29H,1-4,8,12,16-17H2,(H,31,32)/t21?,24-/m1/s1. The Kier molecular flexibility index (Phi) is 9.34. The molecule has 0 saturated carbocycles. The molecule has 0 radical (unpaired) electrons. The summed E-state index contributed by atoms with van der Waals surface area (Å²) in [5.41, 5.74) is 0.701. The van der Waals surface area contributed by atoms with Gasteiger partial charge in [-0.3, -0.25) is 9.59 Å². The molecule has 0 bridgehead atoms. The predicted octanol–water partition coefficient (Wildman–Crippen LogP) is 5.75. The number of carboxylic acids is 1. The minimum absolute atomic E-state index is 0.0281. The Morgan fingerprint density at radius 2 is 1.88 bits per heavy atom. The van der Waals surface area contributed by atoms with E-state index in [1.807, 2.05) is 29.2 Å². The van der Waals surface area contributed by atoms with Gasteiger partial charge in [0.1, 0.15) is 11.5 Å². The smallest absolute Gasteiger partial charge is 0.303 e. The van der Waals surface area contributed by atoms with Gasteiger partial charge in [-0.05, 0) is 61.2 Å². The molecular formula is C26H30ClNO5. The second-order valence-corrected chi connectivity index (χ2v) is 8.65. The molecule has 7 heteroatoms. The third-order valence-electron chi connectivity index (χ3n) is 5.68. The van der Waals surface area contributed by atoms with Crippen molar-refractivity contribution in [2.75, 3.05) is 6.54 Å². The summed E-state index contributed by atoms with van der Waals surface area (Å²) in [6, 6.07) is 14.3. The molecular weight excluding hydrogens is 442 g/mol. The number of aliphatic carboxylic acids is 1. The lowest BCUT2D eigenvalue weighted by molar-refractivity contribution is -0.137. The van der Waals surface area contributed by atoms with E-state index in [4.69, 9.17) is 21.4 Å². The van der Waals surface area contributed by atoms with E-state index in [0.717, 1.165) is 25.7 Å². The van der Waals surface area contributed by atoms with Crippen molar-refractivity contribution in [3.8, 4) is 11.5 Å². The van der Waals surface area contributed by atoms with Gasteiger partial charge in [-0.2, -0.15) is 0 Å². The number of carboxylic acid groups (broad SMARTS) is 1. The van der Waals surface area contributed by atoms with Crippen LogP contribution >= 0.6 is 11.6 Å². The molecule has 33 heavy (non-hydrogen) atoms. The van der Waals surface area contributed by atoms with Crippen molar-refractivity contribution >= 4 is 23.5 Å². The topological polar surface area (TPSA) is 87.1 Å². The first kappa shape index (κ1) is 24.8. The Morgan fingerprint density at radius 1 is 1.12 bits per heavy atom. The van der Waals surface area contributed by atoms with Gasteiger partial charge in [0.05, 0.1) is 12.1 Å². The van der Waals surface area contributed by atoms with Crippen LogP contribution in [0.25, 0.3) is 0 Å². The number of benzene rings is 2. The first-order valence-electron chi connectivity index (χ1n) is 11.3. The minimum Gasteiger partial charge on any atom is -0.481 e. The fourth-order valence-electron chi connectivity index (χ4n) is 3.90. The quantitative estimate of drug-likeness (QED) is 0.304. The van der Waals surface area contributed by atoms with Crippen LogP contribution in [0.4, 0.5) is 0 Å². The number of hydrogen-bond acceptors (Lipinski definition) is 4. The number of likely N-dealkylation sites (tertiary alicyclic amines) is 1. The zero-order valence-corrected chi connectivity index (χ0v) is 19.3. The molecule has 1 fully saturated rings. The molecule has 3 rings (SSSR count). The fraction of sp³-hybridized carbons (Fsp3) is 0.385. The maximum atomic E-state index is 12.3. The summed E-state index contributed by atoms with van der Waals surface area (Å²) >= 11 is 5.91. The third kappa shape index (κ3) is 7.91. The van der Waals surface area contributed by atoms with Crippen LogP contribution in [-0.2, 0) is 9.59 Å². The Balaban J connectivity index is 1.53. The maximum Gasteiger partial charge on any atom is 0.303 e. The molecule has 0 aromatic heterocycles.